The third-order valence-corrected chi connectivity index (χ3v) is 2.78. The van der Waals surface area contributed by atoms with Gasteiger partial charge in [-0.05, 0) is 52.2 Å². The average molecular weight is 186 g/mol. The molecule has 0 aromatic carbocycles. The molecule has 0 aromatic heterocycles. The zero-order valence-electron chi connectivity index (χ0n) is 8.63. The predicted octanol–water partition coefficient (Wildman–Crippen LogP) is 0.572. The maximum Gasteiger partial charge on any atom is 0.0608 e. The van der Waals surface area contributed by atoms with E-state index in [1.54, 1.807) is 0 Å². The molecule has 1 aliphatic rings. The fourth-order valence-electron chi connectivity index (χ4n) is 1.79. The minimum absolute atomic E-state index is 0.0903. The summed E-state index contributed by atoms with van der Waals surface area (Å²) in [6.07, 6.45) is 4.72. The number of nitrogens with two attached hydrogens (primary N) is 1. The van der Waals surface area contributed by atoms with E-state index in [2.05, 4.69) is 4.90 Å². The Morgan fingerprint density at radius 1 is 1.38 bits per heavy atom. The number of hydrogen-bond donors (Lipinski definition) is 2. The fraction of sp³-hybridized carbons (Fsp3) is 1.00. The van der Waals surface area contributed by atoms with Gasteiger partial charge in [-0.3, -0.25) is 0 Å². The van der Waals surface area contributed by atoms with Crippen molar-refractivity contribution in [3.05, 3.63) is 0 Å². The van der Waals surface area contributed by atoms with Crippen LogP contribution in [0.1, 0.15) is 32.6 Å². The first-order chi connectivity index (χ1) is 6.14. The molecule has 0 saturated carbocycles. The first-order valence-corrected chi connectivity index (χ1v) is 5.26. The smallest absolute Gasteiger partial charge is 0.0608 e. The Hall–Kier alpha value is -0.120. The molecule has 1 aliphatic heterocycles. The molecular weight excluding hydrogens is 164 g/mol. The van der Waals surface area contributed by atoms with Gasteiger partial charge in [0.05, 0.1) is 6.61 Å². The van der Waals surface area contributed by atoms with Gasteiger partial charge in [0.1, 0.15) is 0 Å². The van der Waals surface area contributed by atoms with Gasteiger partial charge in [-0.1, -0.05) is 0 Å². The summed E-state index contributed by atoms with van der Waals surface area (Å²) in [5.74, 6) is 0. The second-order valence-electron chi connectivity index (χ2n) is 4.46. The summed E-state index contributed by atoms with van der Waals surface area (Å²) in [5, 5.41) is 8.95. The van der Waals surface area contributed by atoms with E-state index >= 15 is 0 Å². The zero-order valence-corrected chi connectivity index (χ0v) is 8.63. The third kappa shape index (κ3) is 4.07. The monoisotopic (exact) mass is 186 g/mol. The number of nitrogens with zero attached hydrogens (tertiary/aromatic N) is 1. The Kier molecular flexibility index (Phi) is 4.16. The molecule has 3 N–H and O–H groups in total. The number of hydrogen-bond acceptors (Lipinski definition) is 3. The molecule has 1 fully saturated rings. The van der Waals surface area contributed by atoms with Crippen LogP contribution in [0.25, 0.3) is 0 Å². The van der Waals surface area contributed by atoms with Crippen LogP contribution >= 0.6 is 0 Å². The SMILES string of the molecule is CC(N)(CO)CCCN1CCCC1. The Balaban J connectivity index is 2.06. The lowest BCUT2D eigenvalue weighted by Gasteiger charge is -2.23. The molecule has 0 radical (unpaired) electrons. The first kappa shape index (κ1) is 11.0. The van der Waals surface area contributed by atoms with Crippen molar-refractivity contribution in [2.24, 2.45) is 5.73 Å². The summed E-state index contributed by atoms with van der Waals surface area (Å²) in [6.45, 7) is 5.65. The highest BCUT2D eigenvalue weighted by atomic mass is 16.3. The zero-order chi connectivity index (χ0) is 9.73. The van der Waals surface area contributed by atoms with Gasteiger partial charge < -0.3 is 15.7 Å². The standard InChI is InChI=1S/C10H22N2O/c1-10(11,9-13)5-4-8-12-6-2-3-7-12/h13H,2-9,11H2,1H3. The third-order valence-electron chi connectivity index (χ3n) is 2.78. The van der Waals surface area contributed by atoms with Gasteiger partial charge in [-0.25, -0.2) is 0 Å². The van der Waals surface area contributed by atoms with E-state index in [1.807, 2.05) is 6.92 Å². The minimum Gasteiger partial charge on any atom is -0.394 e. The second-order valence-corrected chi connectivity index (χ2v) is 4.46. The van der Waals surface area contributed by atoms with E-state index < -0.39 is 0 Å². The average Bonchev–Trinajstić information content (AvgIpc) is 2.57. The first-order valence-electron chi connectivity index (χ1n) is 5.26. The molecule has 13 heavy (non-hydrogen) atoms. The molecule has 0 aliphatic carbocycles. The van der Waals surface area contributed by atoms with E-state index in [0.29, 0.717) is 0 Å². The van der Waals surface area contributed by atoms with Crippen LogP contribution < -0.4 is 5.73 Å². The van der Waals surface area contributed by atoms with Crippen molar-refractivity contribution in [1.29, 1.82) is 0 Å². The molecule has 0 bridgehead atoms. The molecule has 78 valence electrons. The van der Waals surface area contributed by atoms with Crippen LogP contribution in [-0.2, 0) is 0 Å². The van der Waals surface area contributed by atoms with Gasteiger partial charge in [0.15, 0.2) is 0 Å². The Morgan fingerprint density at radius 2 is 2.00 bits per heavy atom. The second kappa shape index (κ2) is 4.94. The molecule has 3 nitrogen and oxygen atoms in total. The van der Waals surface area contributed by atoms with Gasteiger partial charge >= 0.3 is 0 Å². The van der Waals surface area contributed by atoms with Gasteiger partial charge in [-0.2, -0.15) is 0 Å². The van der Waals surface area contributed by atoms with Crippen LogP contribution in [0.2, 0.25) is 0 Å². The maximum atomic E-state index is 8.95. The Morgan fingerprint density at radius 3 is 2.54 bits per heavy atom. The summed E-state index contributed by atoms with van der Waals surface area (Å²) in [7, 11) is 0. The van der Waals surface area contributed by atoms with Crippen LogP contribution in [0.4, 0.5) is 0 Å². The summed E-state index contributed by atoms with van der Waals surface area (Å²) in [4.78, 5) is 2.48. The number of aliphatic hydroxyl groups excluding tert-OH is 1. The quantitative estimate of drug-likeness (QED) is 0.660. The Bertz CT molecular complexity index is 142. The molecule has 3 heteroatoms. The van der Waals surface area contributed by atoms with E-state index in [-0.39, 0.29) is 12.1 Å². The van der Waals surface area contributed by atoms with Crippen LogP contribution in [0.3, 0.4) is 0 Å². The van der Waals surface area contributed by atoms with Crippen LogP contribution in [0, 0.1) is 0 Å². The molecule has 0 amide bonds. The van der Waals surface area contributed by atoms with E-state index in [4.69, 9.17) is 10.8 Å². The summed E-state index contributed by atoms with van der Waals surface area (Å²) >= 11 is 0. The van der Waals surface area contributed by atoms with Crippen molar-refractivity contribution in [2.75, 3.05) is 26.2 Å². The lowest BCUT2D eigenvalue weighted by Crippen LogP contribution is -2.40. The normalized spacial score (nSPS) is 23.3. The van der Waals surface area contributed by atoms with E-state index in [9.17, 15) is 0 Å². The lowest BCUT2D eigenvalue weighted by molar-refractivity contribution is 0.192. The molecular formula is C10H22N2O. The maximum absolute atomic E-state index is 8.95. The van der Waals surface area contributed by atoms with Gasteiger partial charge in [-0.15, -0.1) is 0 Å². The van der Waals surface area contributed by atoms with Crippen LogP contribution in [-0.4, -0.2) is 41.8 Å². The molecule has 0 aromatic rings. The predicted molar refractivity (Wildman–Crippen MR) is 54.6 cm³/mol. The van der Waals surface area contributed by atoms with Gasteiger partial charge in [0, 0.05) is 5.54 Å². The van der Waals surface area contributed by atoms with Gasteiger partial charge in [0.25, 0.3) is 0 Å². The summed E-state index contributed by atoms with van der Waals surface area (Å²) < 4.78 is 0. The molecule has 1 rings (SSSR count). The number of rotatable bonds is 5. The topological polar surface area (TPSA) is 49.5 Å². The molecule has 1 unspecified atom stereocenters. The lowest BCUT2D eigenvalue weighted by atomic mass is 9.98. The molecule has 1 heterocycles. The van der Waals surface area contributed by atoms with Crippen molar-refractivity contribution in [1.82, 2.24) is 4.90 Å². The highest BCUT2D eigenvalue weighted by molar-refractivity contribution is 4.78. The summed E-state index contributed by atoms with van der Waals surface area (Å²) in [5.41, 5.74) is 5.46. The van der Waals surface area contributed by atoms with Gasteiger partial charge in [0.2, 0.25) is 0 Å². The molecule has 1 atom stereocenters. The molecule has 1 saturated heterocycles. The van der Waals surface area contributed by atoms with Crippen LogP contribution in [0.15, 0.2) is 0 Å². The van der Waals surface area contributed by atoms with Crippen LogP contribution in [0.5, 0.6) is 0 Å². The van der Waals surface area contributed by atoms with Crippen molar-refractivity contribution in [3.8, 4) is 0 Å². The van der Waals surface area contributed by atoms with Crippen molar-refractivity contribution in [3.63, 3.8) is 0 Å². The van der Waals surface area contributed by atoms with Crippen molar-refractivity contribution >= 4 is 0 Å². The van der Waals surface area contributed by atoms with Crippen molar-refractivity contribution < 1.29 is 5.11 Å². The number of aliphatic hydroxyl groups is 1. The van der Waals surface area contributed by atoms with E-state index in [0.717, 1.165) is 19.4 Å². The largest absolute Gasteiger partial charge is 0.394 e. The summed E-state index contributed by atoms with van der Waals surface area (Å²) in [6, 6.07) is 0. The highest BCUT2D eigenvalue weighted by Crippen LogP contribution is 2.12. The molecule has 0 spiro atoms. The van der Waals surface area contributed by atoms with Crippen molar-refractivity contribution in [2.45, 2.75) is 38.1 Å². The number of likely N-dealkylation sites (tertiary alicyclic amines) is 1. The minimum atomic E-state index is -0.375. The fourth-order valence-corrected chi connectivity index (χ4v) is 1.79. The van der Waals surface area contributed by atoms with E-state index in [1.165, 1.54) is 25.9 Å². The highest BCUT2D eigenvalue weighted by Gasteiger charge is 2.17. The Labute approximate surface area is 80.9 Å².